The average Bonchev–Trinajstić information content (AvgIpc) is 2.26. The molecule has 0 N–H and O–H groups in total. The minimum Gasteiger partial charge on any atom is -0.275 e. The maximum atomic E-state index is 5.65. The van der Waals surface area contributed by atoms with Crippen molar-refractivity contribution in [1.82, 2.24) is 0 Å². The third kappa shape index (κ3) is 3.59. The van der Waals surface area contributed by atoms with Crippen molar-refractivity contribution in [1.29, 1.82) is 0 Å². The second kappa shape index (κ2) is 4.95. The molecule has 3 heteroatoms. The minimum absolute atomic E-state index is 0.300. The summed E-state index contributed by atoms with van der Waals surface area (Å²) in [4.78, 5) is 5.43. The number of rotatable bonds is 4. The zero-order chi connectivity index (χ0) is 12.2. The second-order valence-electron chi connectivity index (χ2n) is 4.96. The summed E-state index contributed by atoms with van der Waals surface area (Å²) in [6.45, 7) is 11.8. The van der Waals surface area contributed by atoms with E-state index in [9.17, 15) is 0 Å². The van der Waals surface area contributed by atoms with E-state index in [1.807, 2.05) is 44.7 Å². The molecule has 1 aromatic rings. The lowest BCUT2D eigenvalue weighted by molar-refractivity contribution is -0.282. The van der Waals surface area contributed by atoms with Gasteiger partial charge in [0.05, 0.1) is 5.60 Å². The van der Waals surface area contributed by atoms with E-state index >= 15 is 0 Å². The second-order valence-corrected chi connectivity index (χ2v) is 8.32. The van der Waals surface area contributed by atoms with Crippen LogP contribution in [0.5, 0.6) is 0 Å². The van der Waals surface area contributed by atoms with Crippen molar-refractivity contribution in [2.24, 2.45) is 0 Å². The van der Waals surface area contributed by atoms with Gasteiger partial charge in [0.25, 0.3) is 8.32 Å². The Kier molecular flexibility index (Phi) is 4.07. The van der Waals surface area contributed by atoms with Crippen molar-refractivity contribution < 1.29 is 9.46 Å². The van der Waals surface area contributed by atoms with Gasteiger partial charge in [0.1, 0.15) is 0 Å². The molecule has 0 fully saturated rings. The Labute approximate surface area is 99.0 Å². The molecule has 0 spiro atoms. The van der Waals surface area contributed by atoms with E-state index < -0.39 is 8.32 Å². The normalized spacial score (nSPS) is 15.5. The summed E-state index contributed by atoms with van der Waals surface area (Å²) in [5, 5.41) is 1.16. The lowest BCUT2D eigenvalue weighted by atomic mass is 10.2. The fourth-order valence-corrected chi connectivity index (χ4v) is 2.86. The van der Waals surface area contributed by atoms with E-state index in [1.165, 1.54) is 0 Å². The zero-order valence-corrected chi connectivity index (χ0v) is 11.5. The average molecular weight is 236 g/mol. The Morgan fingerprint density at radius 2 is 1.75 bits per heavy atom. The summed E-state index contributed by atoms with van der Waals surface area (Å²) in [5.41, 5.74) is 1.58. The fraction of sp³-hybridized carbons (Fsp3) is 0.385. The van der Waals surface area contributed by atoms with E-state index in [4.69, 9.17) is 9.46 Å². The van der Waals surface area contributed by atoms with Gasteiger partial charge >= 0.3 is 0 Å². The Hall–Kier alpha value is -0.903. The summed E-state index contributed by atoms with van der Waals surface area (Å²) in [6.07, 6.45) is 0. The minimum atomic E-state index is -2.17. The van der Waals surface area contributed by atoms with Crippen molar-refractivity contribution in [2.45, 2.75) is 32.9 Å². The van der Waals surface area contributed by atoms with Crippen LogP contribution in [-0.4, -0.2) is 13.9 Å². The Morgan fingerprint density at radius 1 is 1.19 bits per heavy atom. The summed E-state index contributed by atoms with van der Waals surface area (Å²) in [5.74, 6) is 0. The molecule has 0 amide bonds. The molecule has 16 heavy (non-hydrogen) atoms. The monoisotopic (exact) mass is 236 g/mol. The van der Waals surface area contributed by atoms with Gasteiger partial charge in [0, 0.05) is 0 Å². The smallest absolute Gasteiger partial charge is 0.275 e. The van der Waals surface area contributed by atoms with Crippen LogP contribution in [0.3, 0.4) is 0 Å². The van der Waals surface area contributed by atoms with Crippen LogP contribution >= 0.6 is 0 Å². The number of hydrogen-bond acceptors (Lipinski definition) is 2. The first-order valence-electron chi connectivity index (χ1n) is 5.43. The first kappa shape index (κ1) is 13.2. The van der Waals surface area contributed by atoms with Crippen molar-refractivity contribution in [3.05, 3.63) is 42.6 Å². The van der Waals surface area contributed by atoms with E-state index in [0.29, 0.717) is 0 Å². The highest BCUT2D eigenvalue weighted by molar-refractivity contribution is 6.89. The maximum absolute atomic E-state index is 5.65. The van der Waals surface area contributed by atoms with Crippen molar-refractivity contribution in [3.8, 4) is 0 Å². The molecular weight excluding hydrogens is 216 g/mol. The molecule has 0 saturated heterocycles. The Morgan fingerprint density at radius 3 is 2.19 bits per heavy atom. The van der Waals surface area contributed by atoms with Gasteiger partial charge in [-0.1, -0.05) is 36.0 Å². The predicted octanol–water partition coefficient (Wildman–Crippen LogP) is 2.94. The van der Waals surface area contributed by atoms with E-state index in [0.717, 1.165) is 5.19 Å². The number of benzene rings is 1. The third-order valence-corrected chi connectivity index (χ3v) is 4.89. The molecule has 0 aliphatic carbocycles. The van der Waals surface area contributed by atoms with Crippen molar-refractivity contribution in [3.63, 3.8) is 0 Å². The van der Waals surface area contributed by atoms with Crippen LogP contribution in [0.2, 0.25) is 6.55 Å². The standard InChI is InChI=1S/C13H20O2Si/c1-6-16(5,15-14-13(2,3)4)12-10-8-7-9-11-12/h6-11H,1H2,2-5H3. The Balaban J connectivity index is 2.83. The lowest BCUT2D eigenvalue weighted by Crippen LogP contribution is -2.47. The van der Waals surface area contributed by atoms with Gasteiger partial charge in [0.15, 0.2) is 0 Å². The molecule has 1 unspecified atom stereocenters. The predicted molar refractivity (Wildman–Crippen MR) is 69.8 cm³/mol. The summed E-state index contributed by atoms with van der Waals surface area (Å²) in [6, 6.07) is 10.1. The molecule has 0 bridgehead atoms. The molecule has 2 nitrogen and oxygen atoms in total. The highest BCUT2D eigenvalue weighted by Crippen LogP contribution is 2.14. The molecule has 1 aromatic carbocycles. The fourth-order valence-electron chi connectivity index (χ4n) is 1.18. The molecule has 0 aromatic heterocycles. The van der Waals surface area contributed by atoms with Crippen molar-refractivity contribution in [2.75, 3.05) is 0 Å². The van der Waals surface area contributed by atoms with Gasteiger partial charge in [-0.3, -0.25) is 4.58 Å². The van der Waals surface area contributed by atoms with Gasteiger partial charge in [-0.05, 0) is 32.5 Å². The molecule has 1 atom stereocenters. The quantitative estimate of drug-likeness (QED) is 0.454. The molecule has 1 rings (SSSR count). The Bertz CT molecular complexity index is 343. The van der Waals surface area contributed by atoms with Crippen LogP contribution in [0.15, 0.2) is 42.6 Å². The van der Waals surface area contributed by atoms with Crippen LogP contribution < -0.4 is 5.19 Å². The highest BCUT2D eigenvalue weighted by atomic mass is 28.4. The molecule has 88 valence electrons. The van der Waals surface area contributed by atoms with E-state index in [2.05, 4.69) is 25.3 Å². The summed E-state index contributed by atoms with van der Waals surface area (Å²) >= 11 is 0. The lowest BCUT2D eigenvalue weighted by Gasteiger charge is -2.27. The first-order valence-corrected chi connectivity index (χ1v) is 7.92. The third-order valence-electron chi connectivity index (χ3n) is 2.20. The van der Waals surface area contributed by atoms with Gasteiger partial charge in [0.2, 0.25) is 0 Å². The van der Waals surface area contributed by atoms with Crippen LogP contribution in [0, 0.1) is 0 Å². The van der Waals surface area contributed by atoms with E-state index in [-0.39, 0.29) is 5.60 Å². The molecule has 0 aliphatic rings. The SMILES string of the molecule is C=C[Si](C)(OOC(C)(C)C)c1ccccc1. The van der Waals surface area contributed by atoms with Crippen LogP contribution in [-0.2, 0) is 9.46 Å². The van der Waals surface area contributed by atoms with Crippen LogP contribution in [0.4, 0.5) is 0 Å². The molecular formula is C13H20O2Si. The van der Waals surface area contributed by atoms with Crippen molar-refractivity contribution >= 4 is 13.5 Å². The van der Waals surface area contributed by atoms with E-state index in [1.54, 1.807) is 0 Å². The molecule has 0 saturated carbocycles. The largest absolute Gasteiger partial charge is 0.289 e. The van der Waals surface area contributed by atoms with Gasteiger partial charge < -0.3 is 0 Å². The van der Waals surface area contributed by atoms with Crippen LogP contribution in [0.25, 0.3) is 0 Å². The van der Waals surface area contributed by atoms with Crippen LogP contribution in [0.1, 0.15) is 20.8 Å². The zero-order valence-electron chi connectivity index (χ0n) is 10.5. The highest BCUT2D eigenvalue weighted by Gasteiger charge is 2.31. The first-order chi connectivity index (χ1) is 7.37. The summed E-state index contributed by atoms with van der Waals surface area (Å²) < 4.78 is 5.65. The maximum Gasteiger partial charge on any atom is 0.289 e. The van der Waals surface area contributed by atoms with Gasteiger partial charge in [-0.25, -0.2) is 4.89 Å². The molecule has 0 radical (unpaired) electrons. The molecule has 0 aliphatic heterocycles. The van der Waals surface area contributed by atoms with Gasteiger partial charge in [-0.15, -0.1) is 6.58 Å². The number of hydrogen-bond donors (Lipinski definition) is 0. The summed E-state index contributed by atoms with van der Waals surface area (Å²) in [7, 11) is -2.17. The molecule has 0 heterocycles. The van der Waals surface area contributed by atoms with Gasteiger partial charge in [-0.2, -0.15) is 0 Å². The topological polar surface area (TPSA) is 18.5 Å².